The predicted molar refractivity (Wildman–Crippen MR) is 76.2 cm³/mol. The summed E-state index contributed by atoms with van der Waals surface area (Å²) in [6.45, 7) is 1.89. The second-order valence-electron chi connectivity index (χ2n) is 4.30. The smallest absolute Gasteiger partial charge is 0.251 e. The third-order valence-electron chi connectivity index (χ3n) is 2.67. The van der Waals surface area contributed by atoms with Crippen LogP contribution in [-0.4, -0.2) is 16.8 Å². The first-order valence-corrected chi connectivity index (χ1v) is 6.20. The number of nitrogens with one attached hydrogen (secondary N) is 2. The Balaban J connectivity index is 1.91. The van der Waals surface area contributed by atoms with E-state index in [1.807, 2.05) is 12.1 Å². The molecular weight excluding hydrogens is 254 g/mol. The van der Waals surface area contributed by atoms with E-state index < -0.39 is 0 Å². The molecule has 2 aromatic rings. The van der Waals surface area contributed by atoms with Crippen molar-refractivity contribution in [2.24, 2.45) is 0 Å². The largest absolute Gasteiger partial charge is 0.348 e. The van der Waals surface area contributed by atoms with Gasteiger partial charge in [-0.3, -0.25) is 14.6 Å². The number of anilines is 1. The Morgan fingerprint density at radius 3 is 2.30 bits per heavy atom. The highest BCUT2D eigenvalue weighted by atomic mass is 16.2. The Bertz CT molecular complexity index is 594. The summed E-state index contributed by atoms with van der Waals surface area (Å²) in [5.74, 6) is -0.248. The molecule has 0 bridgehead atoms. The van der Waals surface area contributed by atoms with E-state index in [1.165, 1.54) is 6.92 Å². The van der Waals surface area contributed by atoms with Gasteiger partial charge in [-0.2, -0.15) is 0 Å². The number of carbonyl (C=O) groups excluding carboxylic acids is 2. The lowest BCUT2D eigenvalue weighted by Gasteiger charge is -2.07. The SMILES string of the molecule is CC(=O)Nc1ccc(CNC(=O)c2ccncc2)cc1. The first-order valence-electron chi connectivity index (χ1n) is 6.20. The Hall–Kier alpha value is -2.69. The maximum Gasteiger partial charge on any atom is 0.251 e. The summed E-state index contributed by atoms with van der Waals surface area (Å²) in [7, 11) is 0. The van der Waals surface area contributed by atoms with Gasteiger partial charge in [-0.05, 0) is 29.8 Å². The molecule has 1 heterocycles. The molecule has 0 saturated heterocycles. The molecule has 20 heavy (non-hydrogen) atoms. The molecule has 0 aliphatic carbocycles. The second kappa shape index (κ2) is 6.47. The summed E-state index contributed by atoms with van der Waals surface area (Å²) >= 11 is 0. The van der Waals surface area contributed by atoms with E-state index >= 15 is 0 Å². The fourth-order valence-corrected chi connectivity index (χ4v) is 1.70. The van der Waals surface area contributed by atoms with Gasteiger partial charge in [0.1, 0.15) is 0 Å². The van der Waals surface area contributed by atoms with Crippen LogP contribution >= 0.6 is 0 Å². The van der Waals surface area contributed by atoms with E-state index in [0.29, 0.717) is 12.1 Å². The minimum Gasteiger partial charge on any atom is -0.348 e. The zero-order valence-electron chi connectivity index (χ0n) is 11.1. The lowest BCUT2D eigenvalue weighted by atomic mass is 10.2. The van der Waals surface area contributed by atoms with Gasteiger partial charge in [-0.1, -0.05) is 12.1 Å². The monoisotopic (exact) mass is 269 g/mol. The molecule has 0 fully saturated rings. The molecule has 0 spiro atoms. The average Bonchev–Trinajstić information content (AvgIpc) is 2.46. The molecule has 1 aromatic heterocycles. The second-order valence-corrected chi connectivity index (χ2v) is 4.30. The molecule has 0 atom stereocenters. The molecule has 5 nitrogen and oxygen atoms in total. The number of rotatable bonds is 4. The lowest BCUT2D eigenvalue weighted by Crippen LogP contribution is -2.22. The van der Waals surface area contributed by atoms with Gasteiger partial charge < -0.3 is 10.6 Å². The topological polar surface area (TPSA) is 71.1 Å². The average molecular weight is 269 g/mol. The summed E-state index contributed by atoms with van der Waals surface area (Å²) in [6, 6.07) is 10.6. The van der Waals surface area contributed by atoms with Gasteiger partial charge in [0, 0.05) is 37.1 Å². The third-order valence-corrected chi connectivity index (χ3v) is 2.67. The van der Waals surface area contributed by atoms with E-state index in [1.54, 1.807) is 36.7 Å². The molecule has 1 aromatic carbocycles. The van der Waals surface area contributed by atoms with Gasteiger partial charge >= 0.3 is 0 Å². The van der Waals surface area contributed by atoms with Crippen LogP contribution in [-0.2, 0) is 11.3 Å². The normalized spacial score (nSPS) is 9.85. The zero-order chi connectivity index (χ0) is 14.4. The molecule has 0 unspecified atom stereocenters. The van der Waals surface area contributed by atoms with Crippen LogP contribution in [0.1, 0.15) is 22.8 Å². The zero-order valence-corrected chi connectivity index (χ0v) is 11.1. The van der Waals surface area contributed by atoms with Crippen molar-refractivity contribution in [3.63, 3.8) is 0 Å². The van der Waals surface area contributed by atoms with Gasteiger partial charge in [0.05, 0.1) is 0 Å². The van der Waals surface area contributed by atoms with Gasteiger partial charge in [0.2, 0.25) is 5.91 Å². The van der Waals surface area contributed by atoms with Gasteiger partial charge in [0.15, 0.2) is 0 Å². The molecule has 102 valence electrons. The fourth-order valence-electron chi connectivity index (χ4n) is 1.70. The van der Waals surface area contributed by atoms with E-state index in [-0.39, 0.29) is 11.8 Å². The molecule has 2 rings (SSSR count). The number of hydrogen-bond acceptors (Lipinski definition) is 3. The standard InChI is InChI=1S/C15H15N3O2/c1-11(19)18-14-4-2-12(3-5-14)10-17-15(20)13-6-8-16-9-7-13/h2-9H,10H2,1H3,(H,17,20)(H,18,19). The summed E-state index contributed by atoms with van der Waals surface area (Å²) < 4.78 is 0. The van der Waals surface area contributed by atoms with Crippen molar-refractivity contribution in [1.82, 2.24) is 10.3 Å². The number of aromatic nitrogens is 1. The van der Waals surface area contributed by atoms with Crippen LogP contribution in [0.25, 0.3) is 0 Å². The van der Waals surface area contributed by atoms with Crippen LogP contribution in [0.2, 0.25) is 0 Å². The number of benzene rings is 1. The molecular formula is C15H15N3O2. The minimum atomic E-state index is -0.140. The Morgan fingerprint density at radius 2 is 1.70 bits per heavy atom. The first kappa shape index (κ1) is 13.7. The Kier molecular flexibility index (Phi) is 4.44. The van der Waals surface area contributed by atoms with Crippen molar-refractivity contribution in [1.29, 1.82) is 0 Å². The molecule has 0 aliphatic rings. The first-order chi connectivity index (χ1) is 9.65. The van der Waals surface area contributed by atoms with Crippen LogP contribution in [0.4, 0.5) is 5.69 Å². The summed E-state index contributed by atoms with van der Waals surface area (Å²) in [6.07, 6.45) is 3.16. The Morgan fingerprint density at radius 1 is 1.05 bits per heavy atom. The van der Waals surface area contributed by atoms with Crippen molar-refractivity contribution in [3.8, 4) is 0 Å². The fraction of sp³-hybridized carbons (Fsp3) is 0.133. The van der Waals surface area contributed by atoms with E-state index in [9.17, 15) is 9.59 Å². The maximum absolute atomic E-state index is 11.8. The molecule has 2 amide bonds. The van der Waals surface area contributed by atoms with Gasteiger partial charge in [-0.15, -0.1) is 0 Å². The minimum absolute atomic E-state index is 0.108. The van der Waals surface area contributed by atoms with Crippen LogP contribution < -0.4 is 10.6 Å². The van der Waals surface area contributed by atoms with Crippen LogP contribution in [0, 0.1) is 0 Å². The maximum atomic E-state index is 11.8. The Labute approximate surface area is 117 Å². The number of nitrogens with zero attached hydrogens (tertiary/aromatic N) is 1. The van der Waals surface area contributed by atoms with Crippen LogP contribution in [0.3, 0.4) is 0 Å². The highest BCUT2D eigenvalue weighted by Crippen LogP contribution is 2.09. The third kappa shape index (κ3) is 3.91. The predicted octanol–water partition coefficient (Wildman–Crippen LogP) is 1.97. The van der Waals surface area contributed by atoms with Crippen molar-refractivity contribution >= 4 is 17.5 Å². The van der Waals surface area contributed by atoms with Gasteiger partial charge in [-0.25, -0.2) is 0 Å². The number of hydrogen-bond donors (Lipinski definition) is 2. The summed E-state index contributed by atoms with van der Waals surface area (Å²) in [5.41, 5.74) is 2.28. The molecule has 0 aliphatic heterocycles. The van der Waals surface area contributed by atoms with Crippen molar-refractivity contribution < 1.29 is 9.59 Å². The molecule has 0 saturated carbocycles. The van der Waals surface area contributed by atoms with Crippen molar-refractivity contribution in [2.45, 2.75) is 13.5 Å². The number of amides is 2. The quantitative estimate of drug-likeness (QED) is 0.891. The van der Waals surface area contributed by atoms with E-state index in [4.69, 9.17) is 0 Å². The van der Waals surface area contributed by atoms with Crippen molar-refractivity contribution in [2.75, 3.05) is 5.32 Å². The van der Waals surface area contributed by atoms with E-state index in [0.717, 1.165) is 11.3 Å². The highest BCUT2D eigenvalue weighted by Gasteiger charge is 2.04. The molecule has 5 heteroatoms. The van der Waals surface area contributed by atoms with Crippen LogP contribution in [0.15, 0.2) is 48.8 Å². The highest BCUT2D eigenvalue weighted by molar-refractivity contribution is 5.94. The summed E-state index contributed by atoms with van der Waals surface area (Å²) in [5, 5.41) is 5.51. The summed E-state index contributed by atoms with van der Waals surface area (Å²) in [4.78, 5) is 26.6. The number of pyridine rings is 1. The molecule has 2 N–H and O–H groups in total. The lowest BCUT2D eigenvalue weighted by molar-refractivity contribution is -0.114. The molecule has 0 radical (unpaired) electrons. The van der Waals surface area contributed by atoms with E-state index in [2.05, 4.69) is 15.6 Å². The van der Waals surface area contributed by atoms with Crippen LogP contribution in [0.5, 0.6) is 0 Å². The van der Waals surface area contributed by atoms with Crippen molar-refractivity contribution in [3.05, 3.63) is 59.9 Å². The van der Waals surface area contributed by atoms with Gasteiger partial charge in [0.25, 0.3) is 5.91 Å². The number of carbonyl (C=O) groups is 2.